The molecule has 156 valence electrons. The maximum Gasteiger partial charge on any atom is 0.343 e. The molecule has 9 nitrogen and oxygen atoms in total. The second-order valence-corrected chi connectivity index (χ2v) is 7.48. The number of carbonyl (C=O) groups is 3. The summed E-state index contributed by atoms with van der Waals surface area (Å²) in [6, 6.07) is 6.66. The number of aromatic nitrogens is 1. The highest BCUT2D eigenvalue weighted by Crippen LogP contribution is 2.22. The van der Waals surface area contributed by atoms with E-state index < -0.39 is 11.2 Å². The largest absolute Gasteiger partial charge is 0.482 e. The molecule has 0 fully saturated rings. The van der Waals surface area contributed by atoms with Crippen LogP contribution in [0, 0.1) is 13.8 Å². The lowest BCUT2D eigenvalue weighted by molar-refractivity contribution is -0.142. The SMILES string of the molecule is COC(=O)COc1ccc(NC(=O)CSC(C)C(=O)Nc2cc(C)on2)c(C)c1. The average molecular weight is 421 g/mol. The van der Waals surface area contributed by atoms with Crippen molar-refractivity contribution in [2.75, 3.05) is 30.1 Å². The topological polar surface area (TPSA) is 120 Å². The lowest BCUT2D eigenvalue weighted by atomic mass is 10.2. The Morgan fingerprint density at radius 2 is 1.97 bits per heavy atom. The van der Waals surface area contributed by atoms with Crippen molar-refractivity contribution in [3.63, 3.8) is 0 Å². The number of hydrogen-bond acceptors (Lipinski definition) is 8. The lowest BCUT2D eigenvalue weighted by Gasteiger charge is -2.12. The van der Waals surface area contributed by atoms with Gasteiger partial charge >= 0.3 is 5.97 Å². The number of rotatable bonds is 9. The van der Waals surface area contributed by atoms with Crippen molar-refractivity contribution in [3.8, 4) is 5.75 Å². The van der Waals surface area contributed by atoms with Crippen LogP contribution in [-0.2, 0) is 19.1 Å². The van der Waals surface area contributed by atoms with Gasteiger partial charge in [0.25, 0.3) is 0 Å². The lowest BCUT2D eigenvalue weighted by Crippen LogP contribution is -2.25. The Bertz CT molecular complexity index is 883. The summed E-state index contributed by atoms with van der Waals surface area (Å²) in [6.07, 6.45) is 0. The van der Waals surface area contributed by atoms with E-state index in [1.165, 1.54) is 18.9 Å². The molecule has 1 aromatic carbocycles. The molecular weight excluding hydrogens is 398 g/mol. The fourth-order valence-corrected chi connectivity index (χ4v) is 2.87. The van der Waals surface area contributed by atoms with Gasteiger partial charge in [0.1, 0.15) is 11.5 Å². The number of methoxy groups -OCH3 is 1. The Kier molecular flexibility index (Phi) is 8.08. The summed E-state index contributed by atoms with van der Waals surface area (Å²) in [5.74, 6) is 0.554. The summed E-state index contributed by atoms with van der Waals surface area (Å²) in [5, 5.41) is 8.68. The highest BCUT2D eigenvalue weighted by Gasteiger charge is 2.17. The molecule has 2 rings (SSSR count). The van der Waals surface area contributed by atoms with Gasteiger partial charge in [-0.05, 0) is 44.5 Å². The van der Waals surface area contributed by atoms with E-state index in [4.69, 9.17) is 9.26 Å². The maximum absolute atomic E-state index is 12.2. The average Bonchev–Trinajstić information content (AvgIpc) is 3.10. The van der Waals surface area contributed by atoms with Gasteiger partial charge in [-0.15, -0.1) is 11.8 Å². The molecule has 0 bridgehead atoms. The highest BCUT2D eigenvalue weighted by molar-refractivity contribution is 8.01. The second kappa shape index (κ2) is 10.5. The van der Waals surface area contributed by atoms with Crippen molar-refractivity contribution in [2.24, 2.45) is 0 Å². The molecular formula is C19H23N3O6S. The van der Waals surface area contributed by atoms with Gasteiger partial charge in [0.05, 0.1) is 18.1 Å². The molecule has 0 aliphatic rings. The number of hydrogen-bond donors (Lipinski definition) is 2. The molecule has 0 spiro atoms. The number of benzene rings is 1. The predicted molar refractivity (Wildman–Crippen MR) is 109 cm³/mol. The van der Waals surface area contributed by atoms with Gasteiger partial charge in [-0.3, -0.25) is 9.59 Å². The summed E-state index contributed by atoms with van der Waals surface area (Å²) < 4.78 is 14.7. The number of ether oxygens (including phenoxy) is 2. The minimum absolute atomic E-state index is 0.104. The Balaban J connectivity index is 1.80. The zero-order valence-electron chi connectivity index (χ0n) is 16.6. The van der Waals surface area contributed by atoms with Crippen molar-refractivity contribution in [1.82, 2.24) is 5.16 Å². The summed E-state index contributed by atoms with van der Waals surface area (Å²) in [6.45, 7) is 5.06. The van der Waals surface area contributed by atoms with E-state index in [0.29, 0.717) is 23.0 Å². The molecule has 1 unspecified atom stereocenters. The molecule has 0 radical (unpaired) electrons. The number of thioether (sulfide) groups is 1. The molecule has 1 aromatic heterocycles. The highest BCUT2D eigenvalue weighted by atomic mass is 32.2. The van der Waals surface area contributed by atoms with Gasteiger partial charge in [-0.25, -0.2) is 4.79 Å². The number of esters is 1. The number of anilines is 2. The van der Waals surface area contributed by atoms with Crippen LogP contribution in [0.4, 0.5) is 11.5 Å². The molecule has 0 saturated heterocycles. The third-order valence-electron chi connectivity index (χ3n) is 3.77. The Morgan fingerprint density at radius 1 is 1.21 bits per heavy atom. The first-order valence-corrected chi connectivity index (χ1v) is 9.79. The molecule has 0 aliphatic heterocycles. The van der Waals surface area contributed by atoms with Crippen LogP contribution >= 0.6 is 11.8 Å². The van der Waals surface area contributed by atoms with E-state index in [9.17, 15) is 14.4 Å². The van der Waals surface area contributed by atoms with Crippen LogP contribution in [0.2, 0.25) is 0 Å². The number of amides is 2. The van der Waals surface area contributed by atoms with E-state index in [0.717, 1.165) is 5.56 Å². The quantitative estimate of drug-likeness (QED) is 0.593. The second-order valence-electron chi connectivity index (χ2n) is 6.15. The zero-order chi connectivity index (χ0) is 21.4. The Morgan fingerprint density at radius 3 is 2.59 bits per heavy atom. The standard InChI is InChI=1S/C19H23N3O6S/c1-11-7-14(27-9-18(24)26-4)5-6-15(11)20-17(23)10-29-13(3)19(25)21-16-8-12(2)28-22-16/h5-8,13H,9-10H2,1-4H3,(H,20,23)(H,21,22,25). The number of nitrogens with one attached hydrogen (secondary N) is 2. The van der Waals surface area contributed by atoms with E-state index in [2.05, 4.69) is 20.5 Å². The van der Waals surface area contributed by atoms with Crippen LogP contribution in [0.3, 0.4) is 0 Å². The summed E-state index contributed by atoms with van der Waals surface area (Å²) in [7, 11) is 1.29. The number of aryl methyl sites for hydroxylation is 2. The van der Waals surface area contributed by atoms with Gasteiger partial charge in [0.2, 0.25) is 11.8 Å². The maximum atomic E-state index is 12.2. The monoisotopic (exact) mass is 421 g/mol. The van der Waals surface area contributed by atoms with E-state index in [1.807, 2.05) is 6.92 Å². The Labute approximate surface area is 172 Å². The van der Waals surface area contributed by atoms with Gasteiger partial charge in [-0.1, -0.05) is 5.16 Å². The molecule has 0 aliphatic carbocycles. The molecule has 2 amide bonds. The van der Waals surface area contributed by atoms with Crippen LogP contribution in [0.5, 0.6) is 5.75 Å². The summed E-state index contributed by atoms with van der Waals surface area (Å²) in [5.41, 5.74) is 1.40. The molecule has 29 heavy (non-hydrogen) atoms. The van der Waals surface area contributed by atoms with Gasteiger partial charge < -0.3 is 24.6 Å². The van der Waals surface area contributed by atoms with Crippen molar-refractivity contribution < 1.29 is 28.4 Å². The van der Waals surface area contributed by atoms with Crippen molar-refractivity contribution in [2.45, 2.75) is 26.0 Å². The molecule has 10 heteroatoms. The normalized spacial score (nSPS) is 11.4. The summed E-state index contributed by atoms with van der Waals surface area (Å²) >= 11 is 1.20. The van der Waals surface area contributed by atoms with Crippen LogP contribution in [0.1, 0.15) is 18.2 Å². The van der Waals surface area contributed by atoms with Gasteiger partial charge in [0, 0.05) is 11.8 Å². The first-order valence-electron chi connectivity index (χ1n) is 8.74. The first-order chi connectivity index (χ1) is 13.8. The minimum Gasteiger partial charge on any atom is -0.482 e. The molecule has 2 N–H and O–H groups in total. The van der Waals surface area contributed by atoms with E-state index in [1.54, 1.807) is 38.1 Å². The number of carbonyl (C=O) groups excluding carboxylic acids is 3. The van der Waals surface area contributed by atoms with Crippen molar-refractivity contribution in [3.05, 3.63) is 35.6 Å². The first kappa shape index (κ1) is 22.3. The van der Waals surface area contributed by atoms with Crippen molar-refractivity contribution >= 4 is 41.1 Å². The number of nitrogens with zero attached hydrogens (tertiary/aromatic N) is 1. The Hall–Kier alpha value is -3.01. The molecule has 0 saturated carbocycles. The van der Waals surface area contributed by atoms with Gasteiger partial charge in [-0.2, -0.15) is 0 Å². The molecule has 1 atom stereocenters. The van der Waals surface area contributed by atoms with Crippen molar-refractivity contribution in [1.29, 1.82) is 0 Å². The molecule has 2 aromatic rings. The van der Waals surface area contributed by atoms with Crippen LogP contribution in [-0.4, -0.2) is 47.7 Å². The van der Waals surface area contributed by atoms with Crippen LogP contribution < -0.4 is 15.4 Å². The third kappa shape index (κ3) is 7.15. The summed E-state index contributed by atoms with van der Waals surface area (Å²) in [4.78, 5) is 35.4. The predicted octanol–water partition coefficient (Wildman–Crippen LogP) is 2.54. The smallest absolute Gasteiger partial charge is 0.343 e. The fourth-order valence-electron chi connectivity index (χ4n) is 2.18. The molecule has 1 heterocycles. The minimum atomic E-state index is -0.478. The van der Waals surface area contributed by atoms with Gasteiger partial charge in [0.15, 0.2) is 12.4 Å². The third-order valence-corrected chi connectivity index (χ3v) is 4.91. The van der Waals surface area contributed by atoms with E-state index in [-0.39, 0.29) is 24.2 Å². The fraction of sp³-hybridized carbons (Fsp3) is 0.368. The van der Waals surface area contributed by atoms with E-state index >= 15 is 0 Å². The van der Waals surface area contributed by atoms with Crippen LogP contribution in [0.25, 0.3) is 0 Å². The zero-order valence-corrected chi connectivity index (χ0v) is 17.4. The van der Waals surface area contributed by atoms with Crippen LogP contribution in [0.15, 0.2) is 28.8 Å².